The van der Waals surface area contributed by atoms with Crippen molar-refractivity contribution in [1.29, 1.82) is 0 Å². The van der Waals surface area contributed by atoms with E-state index in [1.54, 1.807) is 24.3 Å². The number of halogens is 1. The number of hydrogen-bond donors (Lipinski definition) is 1. The van der Waals surface area contributed by atoms with Crippen molar-refractivity contribution in [3.05, 3.63) is 58.6 Å². The molecule has 0 aromatic heterocycles. The number of nitrogens with zero attached hydrogens (tertiary/aromatic N) is 1. The van der Waals surface area contributed by atoms with E-state index in [4.69, 9.17) is 17.3 Å². The van der Waals surface area contributed by atoms with Gasteiger partial charge < -0.3 is 5.73 Å². The van der Waals surface area contributed by atoms with Crippen LogP contribution in [0.25, 0.3) is 0 Å². The van der Waals surface area contributed by atoms with E-state index in [9.17, 15) is 13.2 Å². The van der Waals surface area contributed by atoms with Crippen molar-refractivity contribution in [2.75, 3.05) is 5.73 Å². The molecule has 3 rings (SSSR count). The van der Waals surface area contributed by atoms with Gasteiger partial charge in [-0.2, -0.15) is 0 Å². The average Bonchev–Trinajstić information content (AvgIpc) is 2.62. The summed E-state index contributed by atoms with van der Waals surface area (Å²) in [5.41, 5.74) is 6.60. The Labute approximate surface area is 127 Å². The maximum atomic E-state index is 12.5. The maximum absolute atomic E-state index is 12.5. The van der Waals surface area contributed by atoms with E-state index in [-0.39, 0.29) is 17.0 Å². The number of carbonyl (C=O) groups excluding carboxylic acids is 1. The van der Waals surface area contributed by atoms with E-state index in [2.05, 4.69) is 0 Å². The number of carbonyl (C=O) groups is 1. The van der Waals surface area contributed by atoms with E-state index in [0.29, 0.717) is 16.3 Å². The standard InChI is InChI=1S/C14H11ClN2O3S/c15-12-4-2-1-3-9(12)8-17-14(18)11-6-5-10(16)7-13(11)21(17,19)20/h1-7H,8,16H2. The van der Waals surface area contributed by atoms with Gasteiger partial charge in [-0.3, -0.25) is 4.79 Å². The Morgan fingerprint density at radius 2 is 1.86 bits per heavy atom. The topological polar surface area (TPSA) is 80.5 Å². The maximum Gasteiger partial charge on any atom is 0.269 e. The highest BCUT2D eigenvalue weighted by Crippen LogP contribution is 2.33. The summed E-state index contributed by atoms with van der Waals surface area (Å²) in [4.78, 5) is 12.2. The minimum absolute atomic E-state index is 0.0560. The van der Waals surface area contributed by atoms with Crippen LogP contribution >= 0.6 is 11.6 Å². The zero-order valence-corrected chi connectivity index (χ0v) is 12.4. The number of sulfonamides is 1. The lowest BCUT2D eigenvalue weighted by Crippen LogP contribution is -2.29. The molecule has 1 amide bonds. The molecule has 108 valence electrons. The van der Waals surface area contributed by atoms with Gasteiger partial charge in [0.15, 0.2) is 0 Å². The number of rotatable bonds is 2. The van der Waals surface area contributed by atoms with E-state index in [1.165, 1.54) is 18.2 Å². The fourth-order valence-corrected chi connectivity index (χ4v) is 4.01. The lowest BCUT2D eigenvalue weighted by atomic mass is 10.2. The zero-order chi connectivity index (χ0) is 15.2. The molecule has 0 fully saturated rings. The van der Waals surface area contributed by atoms with Crippen LogP contribution in [0.1, 0.15) is 15.9 Å². The van der Waals surface area contributed by atoms with Gasteiger partial charge in [0, 0.05) is 10.7 Å². The minimum Gasteiger partial charge on any atom is -0.399 e. The summed E-state index contributed by atoms with van der Waals surface area (Å²) in [5, 5.41) is 0.413. The van der Waals surface area contributed by atoms with Crippen LogP contribution in [0.4, 0.5) is 5.69 Å². The second kappa shape index (κ2) is 4.75. The zero-order valence-electron chi connectivity index (χ0n) is 10.8. The molecule has 7 heteroatoms. The predicted molar refractivity (Wildman–Crippen MR) is 79.4 cm³/mol. The van der Waals surface area contributed by atoms with Gasteiger partial charge in [-0.25, -0.2) is 12.7 Å². The summed E-state index contributed by atoms with van der Waals surface area (Å²) in [6.45, 7) is -0.102. The normalized spacial score (nSPS) is 16.0. The molecule has 0 saturated heterocycles. The highest BCUT2D eigenvalue weighted by molar-refractivity contribution is 7.90. The smallest absolute Gasteiger partial charge is 0.269 e. The number of nitrogens with two attached hydrogens (primary N) is 1. The molecule has 5 nitrogen and oxygen atoms in total. The number of benzene rings is 2. The first-order chi connectivity index (χ1) is 9.91. The van der Waals surface area contributed by atoms with Crippen molar-refractivity contribution in [3.8, 4) is 0 Å². The first kappa shape index (κ1) is 13.9. The first-order valence-electron chi connectivity index (χ1n) is 6.11. The van der Waals surface area contributed by atoms with Crippen LogP contribution in [0.2, 0.25) is 5.02 Å². The summed E-state index contributed by atoms with van der Waals surface area (Å²) in [5.74, 6) is -0.565. The van der Waals surface area contributed by atoms with E-state index >= 15 is 0 Å². The number of hydrogen-bond acceptors (Lipinski definition) is 4. The van der Waals surface area contributed by atoms with Gasteiger partial charge in [-0.1, -0.05) is 29.8 Å². The molecular formula is C14H11ClN2O3S. The average molecular weight is 323 g/mol. The highest BCUT2D eigenvalue weighted by Gasteiger charge is 2.41. The van der Waals surface area contributed by atoms with Crippen molar-refractivity contribution < 1.29 is 13.2 Å². The van der Waals surface area contributed by atoms with Crippen molar-refractivity contribution in [2.45, 2.75) is 11.4 Å². The lowest BCUT2D eigenvalue weighted by Gasteiger charge is -2.15. The van der Waals surface area contributed by atoms with Crippen molar-refractivity contribution >= 4 is 33.2 Å². The summed E-state index contributed by atoms with van der Waals surface area (Å²) in [6.07, 6.45) is 0. The van der Waals surface area contributed by atoms with Crippen LogP contribution in [0.5, 0.6) is 0 Å². The Hall–Kier alpha value is -2.05. The van der Waals surface area contributed by atoms with Crippen LogP contribution in [0.15, 0.2) is 47.4 Å². The van der Waals surface area contributed by atoms with Gasteiger partial charge in [0.2, 0.25) is 0 Å². The van der Waals surface area contributed by atoms with E-state index < -0.39 is 15.9 Å². The molecule has 2 N–H and O–H groups in total. The molecule has 0 aliphatic carbocycles. The lowest BCUT2D eigenvalue weighted by molar-refractivity contribution is 0.0865. The molecule has 0 radical (unpaired) electrons. The molecule has 21 heavy (non-hydrogen) atoms. The third-order valence-corrected chi connectivity index (χ3v) is 5.44. The predicted octanol–water partition coefficient (Wildman–Crippen LogP) is 2.27. The number of nitrogen functional groups attached to an aromatic ring is 1. The molecule has 2 aromatic carbocycles. The quantitative estimate of drug-likeness (QED) is 0.860. The third-order valence-electron chi connectivity index (χ3n) is 3.30. The van der Waals surface area contributed by atoms with Crippen LogP contribution in [-0.2, 0) is 16.6 Å². The molecule has 0 bridgehead atoms. The molecule has 0 unspecified atom stereocenters. The summed E-state index contributed by atoms with van der Waals surface area (Å²) in [6, 6.07) is 11.0. The molecule has 2 aromatic rings. The van der Waals surface area contributed by atoms with Gasteiger partial charge >= 0.3 is 0 Å². The second-order valence-corrected chi connectivity index (χ2v) is 6.90. The number of amides is 1. The fourth-order valence-electron chi connectivity index (χ4n) is 2.23. The van der Waals surface area contributed by atoms with Crippen LogP contribution < -0.4 is 5.73 Å². The monoisotopic (exact) mass is 322 g/mol. The molecule has 1 aliphatic heterocycles. The van der Waals surface area contributed by atoms with E-state index in [0.717, 1.165) is 4.31 Å². The Morgan fingerprint density at radius 3 is 2.57 bits per heavy atom. The van der Waals surface area contributed by atoms with Gasteiger partial charge in [-0.15, -0.1) is 0 Å². The highest BCUT2D eigenvalue weighted by atomic mass is 35.5. The minimum atomic E-state index is -3.89. The molecular weight excluding hydrogens is 312 g/mol. The number of fused-ring (bicyclic) bond motifs is 1. The molecule has 0 saturated carbocycles. The summed E-state index contributed by atoms with van der Waals surface area (Å²) >= 11 is 6.03. The molecule has 1 aliphatic rings. The molecule has 0 atom stereocenters. The molecule has 1 heterocycles. The van der Waals surface area contributed by atoms with Gasteiger partial charge in [0.25, 0.3) is 15.9 Å². The second-order valence-electron chi connectivity index (χ2n) is 4.66. The van der Waals surface area contributed by atoms with Crippen LogP contribution in [0, 0.1) is 0 Å². The number of anilines is 1. The fraction of sp³-hybridized carbons (Fsp3) is 0.0714. The summed E-state index contributed by atoms with van der Waals surface area (Å²) in [7, 11) is -3.89. The Kier molecular flexibility index (Phi) is 3.15. The van der Waals surface area contributed by atoms with Gasteiger partial charge in [0.05, 0.1) is 12.1 Å². The van der Waals surface area contributed by atoms with Crippen molar-refractivity contribution in [2.24, 2.45) is 0 Å². The third kappa shape index (κ3) is 2.16. The Bertz CT molecular complexity index is 849. The molecule has 0 spiro atoms. The summed E-state index contributed by atoms with van der Waals surface area (Å²) < 4.78 is 25.8. The van der Waals surface area contributed by atoms with Crippen molar-refractivity contribution in [3.63, 3.8) is 0 Å². The van der Waals surface area contributed by atoms with Crippen molar-refractivity contribution in [1.82, 2.24) is 4.31 Å². The van der Waals surface area contributed by atoms with Gasteiger partial charge in [-0.05, 0) is 29.8 Å². The SMILES string of the molecule is Nc1ccc2c(c1)S(=O)(=O)N(Cc1ccccc1Cl)C2=O. The van der Waals surface area contributed by atoms with Crippen LogP contribution in [0.3, 0.4) is 0 Å². The van der Waals surface area contributed by atoms with E-state index in [1.807, 2.05) is 0 Å². The Morgan fingerprint density at radius 1 is 1.14 bits per heavy atom. The largest absolute Gasteiger partial charge is 0.399 e. The van der Waals surface area contributed by atoms with Gasteiger partial charge in [0.1, 0.15) is 4.90 Å². The first-order valence-corrected chi connectivity index (χ1v) is 7.93. The Balaban J connectivity index is 2.07. The van der Waals surface area contributed by atoms with Crippen LogP contribution in [-0.4, -0.2) is 18.6 Å².